The van der Waals surface area contributed by atoms with Gasteiger partial charge in [0.2, 0.25) is 0 Å². The van der Waals surface area contributed by atoms with Crippen molar-refractivity contribution in [2.75, 3.05) is 26.2 Å². The third-order valence-electron chi connectivity index (χ3n) is 2.65. The monoisotopic (exact) mass is 291 g/mol. The van der Waals surface area contributed by atoms with E-state index in [9.17, 15) is 4.79 Å². The second-order valence-corrected chi connectivity index (χ2v) is 4.02. The molecule has 0 spiro atoms. The standard InChI is InChI=1S/C13H18ClNO2.ClH/c1-3-15(4-2)9-10-17-12-7-5-11(6-8-12)13(14)16;/h5-8H,3-4,9-10H2,1-2H3;1H. The zero-order valence-corrected chi connectivity index (χ0v) is 12.3. The van der Waals surface area contributed by atoms with Crippen LogP contribution >= 0.6 is 24.0 Å². The number of rotatable bonds is 7. The molecule has 0 radical (unpaired) electrons. The van der Waals surface area contributed by atoms with Crippen LogP contribution in [0, 0.1) is 0 Å². The Morgan fingerprint density at radius 2 is 1.78 bits per heavy atom. The lowest BCUT2D eigenvalue weighted by Gasteiger charge is -2.17. The average Bonchev–Trinajstić information content (AvgIpc) is 2.35. The summed E-state index contributed by atoms with van der Waals surface area (Å²) in [7, 11) is 0. The highest BCUT2D eigenvalue weighted by atomic mass is 35.5. The highest BCUT2D eigenvalue weighted by Gasteiger charge is 2.02. The van der Waals surface area contributed by atoms with Gasteiger partial charge in [-0.15, -0.1) is 12.4 Å². The number of hydrogen-bond donors (Lipinski definition) is 0. The Labute approximate surface area is 119 Å². The predicted molar refractivity (Wildman–Crippen MR) is 77.2 cm³/mol. The van der Waals surface area contributed by atoms with Gasteiger partial charge in [-0.1, -0.05) is 13.8 Å². The number of carbonyl (C=O) groups excluding carboxylic acids is 1. The molecule has 0 N–H and O–H groups in total. The summed E-state index contributed by atoms with van der Waals surface area (Å²) in [4.78, 5) is 13.1. The second kappa shape index (κ2) is 9.20. The number of hydrogen-bond acceptors (Lipinski definition) is 3. The summed E-state index contributed by atoms with van der Waals surface area (Å²) in [5.41, 5.74) is 0.489. The van der Waals surface area contributed by atoms with Gasteiger partial charge in [-0.05, 0) is 49.0 Å². The zero-order chi connectivity index (χ0) is 12.7. The third kappa shape index (κ3) is 5.71. The van der Waals surface area contributed by atoms with Crippen LogP contribution in [0.4, 0.5) is 0 Å². The first-order chi connectivity index (χ1) is 8.17. The molecule has 1 aromatic rings. The normalized spacial score (nSPS) is 10.0. The molecular formula is C13H19Cl2NO2. The van der Waals surface area contributed by atoms with E-state index in [-0.39, 0.29) is 12.4 Å². The van der Waals surface area contributed by atoms with E-state index in [2.05, 4.69) is 18.7 Å². The third-order valence-corrected chi connectivity index (χ3v) is 2.87. The molecule has 0 unspecified atom stereocenters. The first kappa shape index (κ1) is 17.2. The minimum absolute atomic E-state index is 0. The van der Waals surface area contributed by atoms with E-state index in [1.807, 2.05) is 0 Å². The van der Waals surface area contributed by atoms with E-state index in [0.717, 1.165) is 25.4 Å². The SMILES string of the molecule is CCN(CC)CCOc1ccc(C(=O)Cl)cc1.Cl. The van der Waals surface area contributed by atoms with Crippen molar-refractivity contribution in [2.45, 2.75) is 13.8 Å². The number of carbonyl (C=O) groups is 1. The largest absolute Gasteiger partial charge is 0.492 e. The summed E-state index contributed by atoms with van der Waals surface area (Å²) < 4.78 is 5.58. The predicted octanol–water partition coefficient (Wildman–Crippen LogP) is 3.21. The highest BCUT2D eigenvalue weighted by Crippen LogP contribution is 2.13. The van der Waals surface area contributed by atoms with Crippen molar-refractivity contribution >= 4 is 29.3 Å². The fourth-order valence-electron chi connectivity index (χ4n) is 1.51. The van der Waals surface area contributed by atoms with Crippen LogP contribution in [0.15, 0.2) is 24.3 Å². The maximum Gasteiger partial charge on any atom is 0.252 e. The van der Waals surface area contributed by atoms with E-state index in [1.54, 1.807) is 24.3 Å². The van der Waals surface area contributed by atoms with E-state index in [0.29, 0.717) is 12.2 Å². The molecule has 5 heteroatoms. The maximum absolute atomic E-state index is 10.9. The highest BCUT2D eigenvalue weighted by molar-refractivity contribution is 6.67. The average molecular weight is 292 g/mol. The van der Waals surface area contributed by atoms with Gasteiger partial charge in [0, 0.05) is 12.1 Å². The Balaban J connectivity index is 0.00000289. The number of likely N-dealkylation sites (N-methyl/N-ethyl adjacent to an activating group) is 1. The van der Waals surface area contributed by atoms with Gasteiger partial charge >= 0.3 is 0 Å². The first-order valence-corrected chi connectivity index (χ1v) is 6.20. The minimum Gasteiger partial charge on any atom is -0.492 e. The van der Waals surface area contributed by atoms with Gasteiger partial charge < -0.3 is 9.64 Å². The van der Waals surface area contributed by atoms with Crippen LogP contribution in [0.3, 0.4) is 0 Å². The first-order valence-electron chi connectivity index (χ1n) is 5.82. The lowest BCUT2D eigenvalue weighted by molar-refractivity contribution is 0.108. The quantitative estimate of drug-likeness (QED) is 0.723. The molecule has 0 heterocycles. The molecule has 3 nitrogen and oxygen atoms in total. The van der Waals surface area contributed by atoms with Gasteiger partial charge in [0.1, 0.15) is 12.4 Å². The van der Waals surface area contributed by atoms with Crippen LogP contribution in [0.2, 0.25) is 0 Å². The molecule has 0 aliphatic carbocycles. The number of benzene rings is 1. The maximum atomic E-state index is 10.9. The molecule has 1 aromatic carbocycles. The summed E-state index contributed by atoms with van der Waals surface area (Å²) in [6.07, 6.45) is 0. The molecule has 0 fully saturated rings. The van der Waals surface area contributed by atoms with Gasteiger partial charge in [-0.2, -0.15) is 0 Å². The van der Waals surface area contributed by atoms with Crippen LogP contribution in [-0.2, 0) is 0 Å². The summed E-state index contributed by atoms with van der Waals surface area (Å²) >= 11 is 5.35. The number of nitrogens with zero attached hydrogens (tertiary/aromatic N) is 1. The van der Waals surface area contributed by atoms with E-state index >= 15 is 0 Å². The van der Waals surface area contributed by atoms with E-state index < -0.39 is 5.24 Å². The molecule has 0 atom stereocenters. The fraction of sp³-hybridized carbons (Fsp3) is 0.462. The van der Waals surface area contributed by atoms with Crippen molar-refractivity contribution in [3.63, 3.8) is 0 Å². The van der Waals surface area contributed by atoms with Crippen molar-refractivity contribution in [3.05, 3.63) is 29.8 Å². The van der Waals surface area contributed by atoms with Crippen LogP contribution in [0.1, 0.15) is 24.2 Å². The Morgan fingerprint density at radius 3 is 2.22 bits per heavy atom. The van der Waals surface area contributed by atoms with Gasteiger partial charge in [-0.3, -0.25) is 4.79 Å². The molecule has 0 aliphatic heterocycles. The van der Waals surface area contributed by atoms with Crippen LogP contribution in [0.5, 0.6) is 5.75 Å². The number of halogens is 2. The molecular weight excluding hydrogens is 273 g/mol. The van der Waals surface area contributed by atoms with Gasteiger partial charge in [0.15, 0.2) is 0 Å². The molecule has 1 rings (SSSR count). The van der Waals surface area contributed by atoms with Crippen LogP contribution in [0.25, 0.3) is 0 Å². The Hall–Kier alpha value is -0.770. The van der Waals surface area contributed by atoms with Crippen molar-refractivity contribution < 1.29 is 9.53 Å². The van der Waals surface area contributed by atoms with Crippen molar-refractivity contribution in [1.82, 2.24) is 4.90 Å². The van der Waals surface area contributed by atoms with Gasteiger partial charge in [-0.25, -0.2) is 0 Å². The summed E-state index contributed by atoms with van der Waals surface area (Å²) in [6, 6.07) is 6.86. The topological polar surface area (TPSA) is 29.5 Å². The summed E-state index contributed by atoms with van der Waals surface area (Å²) in [6.45, 7) is 7.87. The Morgan fingerprint density at radius 1 is 1.22 bits per heavy atom. The van der Waals surface area contributed by atoms with Crippen molar-refractivity contribution in [3.8, 4) is 5.75 Å². The lowest BCUT2D eigenvalue weighted by atomic mass is 10.2. The summed E-state index contributed by atoms with van der Waals surface area (Å²) in [5, 5.41) is -0.445. The smallest absolute Gasteiger partial charge is 0.252 e. The van der Waals surface area contributed by atoms with Crippen LogP contribution in [-0.4, -0.2) is 36.4 Å². The second-order valence-electron chi connectivity index (χ2n) is 3.67. The molecule has 18 heavy (non-hydrogen) atoms. The van der Waals surface area contributed by atoms with E-state index in [4.69, 9.17) is 16.3 Å². The molecule has 0 saturated heterocycles. The lowest BCUT2D eigenvalue weighted by Crippen LogP contribution is -2.27. The zero-order valence-electron chi connectivity index (χ0n) is 10.7. The van der Waals surface area contributed by atoms with Crippen molar-refractivity contribution in [1.29, 1.82) is 0 Å². The minimum atomic E-state index is -0.445. The van der Waals surface area contributed by atoms with Gasteiger partial charge in [0.05, 0.1) is 0 Å². The van der Waals surface area contributed by atoms with Gasteiger partial charge in [0.25, 0.3) is 5.24 Å². The Bertz CT molecular complexity index is 351. The molecule has 102 valence electrons. The van der Waals surface area contributed by atoms with E-state index in [1.165, 1.54) is 0 Å². The Kier molecular flexibility index (Phi) is 8.81. The fourth-order valence-corrected chi connectivity index (χ4v) is 1.64. The molecule has 0 bridgehead atoms. The summed E-state index contributed by atoms with van der Waals surface area (Å²) in [5.74, 6) is 0.763. The molecule has 0 aromatic heterocycles. The number of ether oxygens (including phenoxy) is 1. The van der Waals surface area contributed by atoms with Crippen molar-refractivity contribution in [2.24, 2.45) is 0 Å². The molecule has 0 saturated carbocycles. The molecule has 0 amide bonds. The van der Waals surface area contributed by atoms with Crippen LogP contribution < -0.4 is 4.74 Å². The molecule has 0 aliphatic rings.